The maximum Gasteiger partial charge on any atom is 0.161 e. The lowest BCUT2D eigenvalue weighted by Crippen LogP contribution is -2.23. The van der Waals surface area contributed by atoms with Crippen LogP contribution in [0.25, 0.3) is 0 Å². The molecule has 15 heavy (non-hydrogen) atoms. The Labute approximate surface area is 90.8 Å². The van der Waals surface area contributed by atoms with Crippen LogP contribution in [-0.4, -0.2) is 5.78 Å². The number of Topliss-reactive ketones (excluding diaryl/α,β-unsaturated/α-hetero) is 1. The summed E-state index contributed by atoms with van der Waals surface area (Å²) in [6.45, 7) is 3.95. The van der Waals surface area contributed by atoms with E-state index in [-0.39, 0.29) is 5.92 Å². The van der Waals surface area contributed by atoms with E-state index in [1.54, 1.807) is 0 Å². The van der Waals surface area contributed by atoms with Crippen LogP contribution in [0.3, 0.4) is 0 Å². The van der Waals surface area contributed by atoms with E-state index < -0.39 is 0 Å². The third-order valence-corrected chi connectivity index (χ3v) is 3.31. The van der Waals surface area contributed by atoms with E-state index in [1.165, 1.54) is 5.56 Å². The SMILES string of the molecule is CC1=CCC(c2ccccc2)C(C)C1=O. The minimum absolute atomic E-state index is 0.123. The second kappa shape index (κ2) is 4.01. The molecular formula is C14H16O. The van der Waals surface area contributed by atoms with E-state index in [1.807, 2.05) is 32.0 Å². The molecule has 1 aliphatic carbocycles. The average molecular weight is 200 g/mol. The van der Waals surface area contributed by atoms with E-state index >= 15 is 0 Å². The summed E-state index contributed by atoms with van der Waals surface area (Å²) in [6.07, 6.45) is 3.06. The monoisotopic (exact) mass is 200 g/mol. The van der Waals surface area contributed by atoms with Crippen LogP contribution in [0, 0.1) is 5.92 Å². The number of carbonyl (C=O) groups excluding carboxylic acids is 1. The van der Waals surface area contributed by atoms with Crippen LogP contribution in [0.15, 0.2) is 42.0 Å². The van der Waals surface area contributed by atoms with Crippen molar-refractivity contribution in [3.05, 3.63) is 47.5 Å². The van der Waals surface area contributed by atoms with E-state index in [0.29, 0.717) is 11.7 Å². The van der Waals surface area contributed by atoms with Crippen LogP contribution in [0.2, 0.25) is 0 Å². The Hall–Kier alpha value is -1.37. The molecule has 0 heterocycles. The largest absolute Gasteiger partial charge is 0.294 e. The van der Waals surface area contributed by atoms with Gasteiger partial charge in [-0.05, 0) is 30.4 Å². The number of rotatable bonds is 1. The van der Waals surface area contributed by atoms with Gasteiger partial charge in [-0.2, -0.15) is 0 Å². The minimum Gasteiger partial charge on any atom is -0.294 e. The first-order valence-corrected chi connectivity index (χ1v) is 5.46. The van der Waals surface area contributed by atoms with Gasteiger partial charge in [0.05, 0.1) is 0 Å². The van der Waals surface area contributed by atoms with Crippen molar-refractivity contribution in [1.29, 1.82) is 0 Å². The van der Waals surface area contributed by atoms with Crippen LogP contribution < -0.4 is 0 Å². The third-order valence-electron chi connectivity index (χ3n) is 3.31. The lowest BCUT2D eigenvalue weighted by molar-refractivity contribution is -0.119. The van der Waals surface area contributed by atoms with Crippen molar-refractivity contribution in [3.8, 4) is 0 Å². The van der Waals surface area contributed by atoms with Crippen molar-refractivity contribution in [3.63, 3.8) is 0 Å². The van der Waals surface area contributed by atoms with Gasteiger partial charge in [-0.25, -0.2) is 0 Å². The van der Waals surface area contributed by atoms with Gasteiger partial charge < -0.3 is 0 Å². The summed E-state index contributed by atoms with van der Waals surface area (Å²) < 4.78 is 0. The van der Waals surface area contributed by atoms with E-state index in [0.717, 1.165) is 12.0 Å². The summed E-state index contributed by atoms with van der Waals surface area (Å²) in [5.41, 5.74) is 2.21. The van der Waals surface area contributed by atoms with E-state index in [9.17, 15) is 4.79 Å². The second-order valence-corrected chi connectivity index (χ2v) is 4.29. The Bertz CT molecular complexity index is 389. The Morgan fingerprint density at radius 3 is 2.53 bits per heavy atom. The number of benzene rings is 1. The quantitative estimate of drug-likeness (QED) is 0.679. The first-order valence-electron chi connectivity index (χ1n) is 5.46. The molecule has 1 aromatic carbocycles. The number of hydrogen-bond acceptors (Lipinski definition) is 1. The number of ketones is 1. The summed E-state index contributed by atoms with van der Waals surface area (Å²) >= 11 is 0. The zero-order chi connectivity index (χ0) is 10.8. The first-order chi connectivity index (χ1) is 7.20. The normalized spacial score (nSPS) is 26.3. The molecule has 2 unspecified atom stereocenters. The fourth-order valence-electron chi connectivity index (χ4n) is 2.28. The maximum atomic E-state index is 11.8. The molecule has 0 bridgehead atoms. The van der Waals surface area contributed by atoms with Crippen molar-refractivity contribution < 1.29 is 4.79 Å². The lowest BCUT2D eigenvalue weighted by atomic mass is 9.76. The smallest absolute Gasteiger partial charge is 0.161 e. The van der Waals surface area contributed by atoms with Gasteiger partial charge in [-0.1, -0.05) is 43.3 Å². The molecule has 0 radical (unpaired) electrons. The molecule has 1 aliphatic rings. The zero-order valence-corrected chi connectivity index (χ0v) is 9.23. The molecule has 0 fully saturated rings. The molecule has 0 amide bonds. The highest BCUT2D eigenvalue weighted by atomic mass is 16.1. The van der Waals surface area contributed by atoms with Crippen LogP contribution in [0.5, 0.6) is 0 Å². The molecule has 0 saturated carbocycles. The topological polar surface area (TPSA) is 17.1 Å². The fourth-order valence-corrected chi connectivity index (χ4v) is 2.28. The maximum absolute atomic E-state index is 11.8. The molecular weight excluding hydrogens is 184 g/mol. The summed E-state index contributed by atoms with van der Waals surface area (Å²) in [5, 5.41) is 0. The minimum atomic E-state index is 0.123. The Balaban J connectivity index is 2.30. The highest BCUT2D eigenvalue weighted by Crippen LogP contribution is 2.34. The van der Waals surface area contributed by atoms with Crippen LogP contribution >= 0.6 is 0 Å². The van der Waals surface area contributed by atoms with Gasteiger partial charge in [0.1, 0.15) is 0 Å². The van der Waals surface area contributed by atoms with Crippen molar-refractivity contribution in [2.75, 3.05) is 0 Å². The van der Waals surface area contributed by atoms with Crippen molar-refractivity contribution >= 4 is 5.78 Å². The molecule has 78 valence electrons. The molecule has 2 atom stereocenters. The Morgan fingerprint density at radius 1 is 1.20 bits per heavy atom. The highest BCUT2D eigenvalue weighted by molar-refractivity contribution is 5.97. The Kier molecular flexibility index (Phi) is 2.72. The highest BCUT2D eigenvalue weighted by Gasteiger charge is 2.28. The Morgan fingerprint density at radius 2 is 1.87 bits per heavy atom. The summed E-state index contributed by atoms with van der Waals surface area (Å²) in [7, 11) is 0. The van der Waals surface area contributed by atoms with Gasteiger partial charge in [0.25, 0.3) is 0 Å². The molecule has 0 aromatic heterocycles. The molecule has 0 spiro atoms. The lowest BCUT2D eigenvalue weighted by Gasteiger charge is -2.26. The molecule has 2 rings (SSSR count). The number of carbonyl (C=O) groups is 1. The standard InChI is InChI=1S/C14H16O/c1-10-8-9-13(11(2)14(10)15)12-6-4-3-5-7-12/h3-8,11,13H,9H2,1-2H3. The van der Waals surface area contributed by atoms with Crippen molar-refractivity contribution in [1.82, 2.24) is 0 Å². The van der Waals surface area contributed by atoms with E-state index in [4.69, 9.17) is 0 Å². The number of hydrogen-bond donors (Lipinski definition) is 0. The average Bonchev–Trinajstić information content (AvgIpc) is 2.27. The zero-order valence-electron chi connectivity index (χ0n) is 9.23. The summed E-state index contributed by atoms with van der Waals surface area (Å²) in [5.74, 6) is 0.787. The molecule has 1 aromatic rings. The molecule has 0 aliphatic heterocycles. The molecule has 0 saturated heterocycles. The van der Waals surface area contributed by atoms with Gasteiger partial charge in [0.15, 0.2) is 5.78 Å². The predicted octanol–water partition coefficient (Wildman–Crippen LogP) is 3.33. The van der Waals surface area contributed by atoms with Gasteiger partial charge in [0, 0.05) is 5.92 Å². The summed E-state index contributed by atoms with van der Waals surface area (Å²) in [6, 6.07) is 10.3. The van der Waals surface area contributed by atoms with Crippen molar-refractivity contribution in [2.45, 2.75) is 26.2 Å². The van der Waals surface area contributed by atoms with Crippen LogP contribution in [0.4, 0.5) is 0 Å². The second-order valence-electron chi connectivity index (χ2n) is 4.29. The third kappa shape index (κ3) is 1.87. The van der Waals surface area contributed by atoms with Crippen molar-refractivity contribution in [2.24, 2.45) is 5.92 Å². The van der Waals surface area contributed by atoms with Crippen LogP contribution in [-0.2, 0) is 4.79 Å². The van der Waals surface area contributed by atoms with Gasteiger partial charge in [-0.15, -0.1) is 0 Å². The van der Waals surface area contributed by atoms with Gasteiger partial charge in [-0.3, -0.25) is 4.79 Å². The molecule has 1 heteroatoms. The van der Waals surface area contributed by atoms with E-state index in [2.05, 4.69) is 18.2 Å². The summed E-state index contributed by atoms with van der Waals surface area (Å²) in [4.78, 5) is 11.8. The first kappa shape index (κ1) is 10.2. The predicted molar refractivity (Wildman–Crippen MR) is 61.7 cm³/mol. The fraction of sp³-hybridized carbons (Fsp3) is 0.357. The van der Waals surface area contributed by atoms with Crippen LogP contribution in [0.1, 0.15) is 31.7 Å². The molecule has 0 N–H and O–H groups in total. The van der Waals surface area contributed by atoms with Gasteiger partial charge in [0.2, 0.25) is 0 Å². The molecule has 1 nitrogen and oxygen atoms in total. The number of allylic oxidation sites excluding steroid dienone is 2. The van der Waals surface area contributed by atoms with Gasteiger partial charge >= 0.3 is 0 Å².